The molecule has 0 aliphatic heterocycles. The third-order valence-electron chi connectivity index (χ3n) is 7.29. The van der Waals surface area contributed by atoms with Crippen molar-refractivity contribution in [2.75, 3.05) is 40.3 Å². The van der Waals surface area contributed by atoms with Crippen LogP contribution < -0.4 is 10.7 Å². The Morgan fingerprint density at radius 3 is 1.98 bits per heavy atom. The lowest BCUT2D eigenvalue weighted by Crippen LogP contribution is -2.53. The quantitative estimate of drug-likeness (QED) is 0.205. The second-order valence-electron chi connectivity index (χ2n) is 12.1. The minimum Gasteiger partial charge on any atom is -0.390 e. The molecular weight excluding hydrogens is 632 g/mol. The molecule has 0 radical (unpaired) electrons. The van der Waals surface area contributed by atoms with Crippen LogP contribution in [0.2, 0.25) is 0 Å². The first-order chi connectivity index (χ1) is 22.0. The van der Waals surface area contributed by atoms with Crippen LogP contribution in [-0.2, 0) is 21.2 Å². The number of rotatable bonds is 18. The monoisotopic (exact) mass is 681 g/mol. The normalized spacial score (nSPS) is 13.1. The van der Waals surface area contributed by atoms with Crippen LogP contribution in [0.4, 0.5) is 8.78 Å². The topological polar surface area (TPSA) is 139 Å². The van der Waals surface area contributed by atoms with Crippen molar-refractivity contribution >= 4 is 27.7 Å². The van der Waals surface area contributed by atoms with Gasteiger partial charge in [0.2, 0.25) is 15.9 Å². The van der Waals surface area contributed by atoms with Crippen molar-refractivity contribution in [1.29, 1.82) is 0 Å². The molecule has 0 spiro atoms. The largest absolute Gasteiger partial charge is 0.390 e. The summed E-state index contributed by atoms with van der Waals surface area (Å²) in [5, 5.41) is 15.5. The van der Waals surface area contributed by atoms with Gasteiger partial charge in [-0.1, -0.05) is 34.6 Å². The van der Waals surface area contributed by atoms with Crippen LogP contribution in [0, 0.1) is 17.6 Å². The highest BCUT2D eigenvalue weighted by molar-refractivity contribution is 7.89. The maximum absolute atomic E-state index is 14.1. The van der Waals surface area contributed by atoms with E-state index in [4.69, 9.17) is 0 Å². The maximum Gasteiger partial charge on any atom is 0.253 e. The number of benzene rings is 2. The van der Waals surface area contributed by atoms with E-state index in [1.165, 1.54) is 31.2 Å². The Bertz CT molecular complexity index is 1460. The van der Waals surface area contributed by atoms with Crippen LogP contribution >= 0.6 is 0 Å². The molecule has 3 N–H and O–H groups in total. The molecule has 0 saturated carbocycles. The summed E-state index contributed by atoms with van der Waals surface area (Å²) in [7, 11) is -1.42. The van der Waals surface area contributed by atoms with Crippen LogP contribution in [0.15, 0.2) is 41.3 Å². The van der Waals surface area contributed by atoms with Gasteiger partial charge in [-0.25, -0.2) is 26.5 Å². The molecule has 47 heavy (non-hydrogen) atoms. The molecule has 2 aromatic carbocycles. The minimum absolute atomic E-state index is 0.00528. The zero-order valence-electron chi connectivity index (χ0n) is 28.3. The van der Waals surface area contributed by atoms with Gasteiger partial charge in [0, 0.05) is 63.9 Å². The van der Waals surface area contributed by atoms with Gasteiger partial charge in [-0.2, -0.15) is 0 Å². The molecule has 2 atom stereocenters. The second kappa shape index (κ2) is 18.2. The molecule has 262 valence electrons. The van der Waals surface area contributed by atoms with E-state index in [0.29, 0.717) is 38.5 Å². The van der Waals surface area contributed by atoms with Crippen LogP contribution in [0.25, 0.3) is 0 Å². The first kappa shape index (κ1) is 39.7. The molecule has 0 aromatic heterocycles. The molecule has 0 fully saturated rings. The van der Waals surface area contributed by atoms with E-state index < -0.39 is 45.6 Å². The highest BCUT2D eigenvalue weighted by Gasteiger charge is 2.28. The lowest BCUT2D eigenvalue weighted by atomic mass is 9.99. The summed E-state index contributed by atoms with van der Waals surface area (Å²) in [5.74, 6) is -3.12. The first-order valence-corrected chi connectivity index (χ1v) is 17.3. The summed E-state index contributed by atoms with van der Waals surface area (Å²) >= 11 is 0. The molecule has 0 bridgehead atoms. The van der Waals surface area contributed by atoms with E-state index in [0.717, 1.165) is 22.5 Å². The number of aliphatic hydroxyl groups excluding tert-OH is 1. The zero-order valence-corrected chi connectivity index (χ0v) is 29.2. The highest BCUT2D eigenvalue weighted by atomic mass is 32.2. The number of nitrogens with zero attached hydrogens (tertiary/aromatic N) is 3. The van der Waals surface area contributed by atoms with Crippen molar-refractivity contribution in [2.24, 2.45) is 5.92 Å². The van der Waals surface area contributed by atoms with E-state index in [1.54, 1.807) is 11.8 Å². The van der Waals surface area contributed by atoms with E-state index in [-0.39, 0.29) is 52.8 Å². The van der Waals surface area contributed by atoms with Gasteiger partial charge in [0.05, 0.1) is 17.0 Å². The Hall–Kier alpha value is -3.46. The van der Waals surface area contributed by atoms with Crippen LogP contribution in [0.3, 0.4) is 0 Å². The molecule has 2 aromatic rings. The minimum atomic E-state index is -4.08. The van der Waals surface area contributed by atoms with Gasteiger partial charge in [0.15, 0.2) is 0 Å². The first-order valence-electron chi connectivity index (χ1n) is 15.9. The highest BCUT2D eigenvalue weighted by Crippen LogP contribution is 2.21. The Labute approximate surface area is 277 Å². The van der Waals surface area contributed by atoms with Crippen LogP contribution in [-0.4, -0.2) is 97.9 Å². The summed E-state index contributed by atoms with van der Waals surface area (Å²) in [6, 6.07) is 5.37. The number of carbonyl (C=O) groups excluding carboxylic acids is 3. The van der Waals surface area contributed by atoms with Crippen molar-refractivity contribution in [2.45, 2.75) is 77.3 Å². The number of halogens is 2. The Morgan fingerprint density at radius 1 is 0.894 bits per heavy atom. The number of hydrazine groups is 1. The standard InChI is InChI=1S/C33H49F2N5O6S/c1-8-11-39(12-9-2)33(44)25-17-24(18-28(19-25)47(45,46)38(6)7)32(43)36-29(16-23-14-26(34)20-27(35)15-23)30(41)21-40(10-3)37-31(42)13-22(4)5/h14-15,17-20,22,29-30,41H,8-13,16,21H2,1-7H3,(H,36,43)(H,37,42). The predicted octanol–water partition coefficient (Wildman–Crippen LogP) is 3.58. The van der Waals surface area contributed by atoms with Crippen molar-refractivity contribution in [1.82, 2.24) is 25.0 Å². The molecule has 0 saturated heterocycles. The van der Waals surface area contributed by atoms with Crippen LogP contribution in [0.1, 0.15) is 80.2 Å². The van der Waals surface area contributed by atoms with Gasteiger partial charge in [-0.3, -0.25) is 19.8 Å². The van der Waals surface area contributed by atoms with Gasteiger partial charge in [-0.15, -0.1) is 0 Å². The van der Waals surface area contributed by atoms with Crippen molar-refractivity contribution in [3.05, 3.63) is 64.7 Å². The smallest absolute Gasteiger partial charge is 0.253 e. The summed E-state index contributed by atoms with van der Waals surface area (Å²) in [6.45, 7) is 10.4. The fourth-order valence-electron chi connectivity index (χ4n) is 4.97. The van der Waals surface area contributed by atoms with Crippen LogP contribution in [0.5, 0.6) is 0 Å². The van der Waals surface area contributed by atoms with Gasteiger partial charge in [0.25, 0.3) is 11.8 Å². The summed E-state index contributed by atoms with van der Waals surface area (Å²) in [5.41, 5.74) is 2.70. The number of amides is 3. The average molecular weight is 682 g/mol. The fourth-order valence-corrected chi connectivity index (χ4v) is 5.94. The third kappa shape index (κ3) is 11.9. The summed E-state index contributed by atoms with van der Waals surface area (Å²) in [6.07, 6.45) is 0.0188. The van der Waals surface area contributed by atoms with Gasteiger partial charge in [0.1, 0.15) is 11.6 Å². The molecular formula is C33H49F2N5O6S. The molecule has 0 aliphatic carbocycles. The van der Waals surface area contributed by atoms with Gasteiger partial charge >= 0.3 is 0 Å². The zero-order chi connectivity index (χ0) is 35.5. The second-order valence-corrected chi connectivity index (χ2v) is 14.3. The molecule has 2 unspecified atom stereocenters. The summed E-state index contributed by atoms with van der Waals surface area (Å²) in [4.78, 5) is 41.0. The van der Waals surface area contributed by atoms with Gasteiger partial charge < -0.3 is 15.3 Å². The Morgan fingerprint density at radius 2 is 1.47 bits per heavy atom. The SMILES string of the molecule is CCCN(CCC)C(=O)c1cc(C(=O)NC(Cc2cc(F)cc(F)c2)C(O)CN(CC)NC(=O)CC(C)C)cc(S(=O)(=O)N(C)C)c1. The molecule has 3 amide bonds. The molecule has 2 rings (SSSR count). The van der Waals surface area contributed by atoms with E-state index in [2.05, 4.69) is 10.7 Å². The third-order valence-corrected chi connectivity index (χ3v) is 9.09. The number of hydrogen-bond donors (Lipinski definition) is 3. The Balaban J connectivity index is 2.55. The lowest BCUT2D eigenvalue weighted by molar-refractivity contribution is -0.127. The van der Waals surface area contributed by atoms with Crippen molar-refractivity contribution in [3.63, 3.8) is 0 Å². The van der Waals surface area contributed by atoms with Crippen molar-refractivity contribution < 1.29 is 36.7 Å². The van der Waals surface area contributed by atoms with Crippen molar-refractivity contribution in [3.8, 4) is 0 Å². The Kier molecular flexibility index (Phi) is 15.4. The molecule has 0 heterocycles. The fraction of sp³-hybridized carbons (Fsp3) is 0.545. The maximum atomic E-state index is 14.1. The van der Waals surface area contributed by atoms with E-state index in [9.17, 15) is 36.7 Å². The van der Waals surface area contributed by atoms with E-state index in [1.807, 2.05) is 27.7 Å². The number of hydrogen-bond acceptors (Lipinski definition) is 7. The van der Waals surface area contributed by atoms with E-state index >= 15 is 0 Å². The number of sulfonamides is 1. The molecule has 11 nitrogen and oxygen atoms in total. The van der Waals surface area contributed by atoms with Gasteiger partial charge in [-0.05, 0) is 61.1 Å². The number of likely N-dealkylation sites (N-methyl/N-ethyl adjacent to an activating group) is 1. The summed E-state index contributed by atoms with van der Waals surface area (Å²) < 4.78 is 55.5. The molecule has 0 aliphatic rings. The lowest BCUT2D eigenvalue weighted by Gasteiger charge is -2.30. The number of aliphatic hydroxyl groups is 1. The number of carbonyl (C=O) groups is 3. The predicted molar refractivity (Wildman–Crippen MR) is 176 cm³/mol. The average Bonchev–Trinajstić information content (AvgIpc) is 2.98. The molecule has 14 heteroatoms. The number of nitrogens with one attached hydrogen (secondary N) is 2.